The fraction of sp³-hybridized carbons (Fsp3) is 0.231. The van der Waals surface area contributed by atoms with Gasteiger partial charge in [-0.15, -0.1) is 0 Å². The van der Waals surface area contributed by atoms with E-state index in [1.807, 2.05) is 12.2 Å². The molecule has 0 atom stereocenters. The third kappa shape index (κ3) is 3.19. The Morgan fingerprint density at radius 2 is 2.40 bits per heavy atom. The van der Waals surface area contributed by atoms with Crippen molar-refractivity contribution in [3.8, 4) is 0 Å². The highest BCUT2D eigenvalue weighted by atomic mass is 16.6. The second-order valence-electron chi connectivity index (χ2n) is 4.27. The van der Waals surface area contributed by atoms with Crippen molar-refractivity contribution in [2.45, 2.75) is 13.3 Å². The first-order valence-corrected chi connectivity index (χ1v) is 6.10. The van der Waals surface area contributed by atoms with Crippen molar-refractivity contribution in [2.24, 2.45) is 0 Å². The van der Waals surface area contributed by atoms with Crippen LogP contribution in [0.1, 0.15) is 18.9 Å². The summed E-state index contributed by atoms with van der Waals surface area (Å²) >= 11 is 0. The van der Waals surface area contributed by atoms with Gasteiger partial charge in [-0.2, -0.15) is 0 Å². The number of carbonyl (C=O) groups is 1. The first-order chi connectivity index (χ1) is 9.58. The molecular formula is C13H14N4O3. The van der Waals surface area contributed by atoms with Crippen molar-refractivity contribution in [3.63, 3.8) is 0 Å². The van der Waals surface area contributed by atoms with Crippen LogP contribution in [0.15, 0.2) is 24.5 Å². The Balaban J connectivity index is 2.11. The van der Waals surface area contributed by atoms with Crippen LogP contribution < -0.4 is 5.32 Å². The highest BCUT2D eigenvalue weighted by Gasteiger charge is 2.14. The molecule has 2 N–H and O–H groups in total. The van der Waals surface area contributed by atoms with Gasteiger partial charge in [-0.1, -0.05) is 12.2 Å². The Morgan fingerprint density at radius 3 is 3.10 bits per heavy atom. The maximum absolute atomic E-state index is 10.8. The minimum absolute atomic E-state index is 0.0148. The first kappa shape index (κ1) is 13.7. The van der Waals surface area contributed by atoms with Crippen LogP contribution in [0.25, 0.3) is 17.1 Å². The average Bonchev–Trinajstić information content (AvgIpc) is 2.81. The maximum atomic E-state index is 10.8. The van der Waals surface area contributed by atoms with Crippen LogP contribution in [0.5, 0.6) is 0 Å². The van der Waals surface area contributed by atoms with Crippen LogP contribution >= 0.6 is 0 Å². The number of aromatic nitrogens is 2. The van der Waals surface area contributed by atoms with E-state index in [9.17, 15) is 14.9 Å². The van der Waals surface area contributed by atoms with Crippen LogP contribution in [0.2, 0.25) is 0 Å². The molecule has 2 aromatic rings. The lowest BCUT2D eigenvalue weighted by Crippen LogP contribution is -2.20. The van der Waals surface area contributed by atoms with Crippen LogP contribution in [0.4, 0.5) is 5.69 Å². The molecule has 0 spiro atoms. The number of fused-ring (bicyclic) bond motifs is 1. The lowest BCUT2D eigenvalue weighted by molar-refractivity contribution is -0.383. The van der Waals surface area contributed by atoms with Gasteiger partial charge in [-0.05, 0) is 18.1 Å². The molecule has 7 nitrogen and oxygen atoms in total. The van der Waals surface area contributed by atoms with Crippen molar-refractivity contribution < 1.29 is 9.72 Å². The largest absolute Gasteiger partial charge is 0.356 e. The number of aromatic amines is 1. The molecule has 0 bridgehead atoms. The SMILES string of the molecule is CC(=O)NCCC=Cc1cnc2[nH]cc([N+](=O)[O-])c2c1. The van der Waals surface area contributed by atoms with E-state index < -0.39 is 4.92 Å². The topological polar surface area (TPSA) is 101 Å². The minimum Gasteiger partial charge on any atom is -0.356 e. The molecule has 0 aliphatic heterocycles. The number of rotatable bonds is 5. The molecule has 2 heterocycles. The molecule has 0 aromatic carbocycles. The quantitative estimate of drug-likeness (QED) is 0.494. The third-order valence-electron chi connectivity index (χ3n) is 2.72. The molecule has 0 saturated heterocycles. The van der Waals surface area contributed by atoms with Crippen LogP contribution in [-0.2, 0) is 4.79 Å². The Hall–Kier alpha value is -2.70. The zero-order valence-electron chi connectivity index (χ0n) is 10.9. The van der Waals surface area contributed by atoms with E-state index in [1.165, 1.54) is 13.1 Å². The van der Waals surface area contributed by atoms with E-state index in [0.29, 0.717) is 24.0 Å². The van der Waals surface area contributed by atoms with Gasteiger partial charge < -0.3 is 10.3 Å². The van der Waals surface area contributed by atoms with Crippen molar-refractivity contribution in [2.75, 3.05) is 6.54 Å². The fourth-order valence-corrected chi connectivity index (χ4v) is 1.80. The van der Waals surface area contributed by atoms with E-state index in [0.717, 1.165) is 5.56 Å². The summed E-state index contributed by atoms with van der Waals surface area (Å²) in [5.41, 5.74) is 1.29. The van der Waals surface area contributed by atoms with Crippen LogP contribution in [-0.4, -0.2) is 27.3 Å². The fourth-order valence-electron chi connectivity index (χ4n) is 1.80. The normalized spacial score (nSPS) is 11.1. The number of nitrogens with zero attached hydrogens (tertiary/aromatic N) is 2. The highest BCUT2D eigenvalue weighted by Crippen LogP contribution is 2.24. The second kappa shape index (κ2) is 5.96. The zero-order valence-corrected chi connectivity index (χ0v) is 10.9. The van der Waals surface area contributed by atoms with E-state index in [1.54, 1.807) is 12.3 Å². The Kier molecular flexibility index (Phi) is 4.09. The molecule has 0 aliphatic carbocycles. The van der Waals surface area contributed by atoms with Crippen molar-refractivity contribution in [1.29, 1.82) is 0 Å². The molecule has 1 amide bonds. The van der Waals surface area contributed by atoms with Gasteiger partial charge in [0, 0.05) is 19.7 Å². The predicted octanol–water partition coefficient (Wildman–Crippen LogP) is 2.01. The monoisotopic (exact) mass is 274 g/mol. The Morgan fingerprint density at radius 1 is 1.60 bits per heavy atom. The summed E-state index contributed by atoms with van der Waals surface area (Å²) in [5, 5.41) is 14.0. The van der Waals surface area contributed by atoms with Gasteiger partial charge in [0.15, 0.2) is 0 Å². The molecule has 104 valence electrons. The number of pyridine rings is 1. The smallest absolute Gasteiger partial charge is 0.296 e. The number of nitro groups is 1. The molecule has 2 rings (SSSR count). The standard InChI is InChI=1S/C13H14N4O3/c1-9(18)14-5-3-2-4-10-6-11-12(17(19)20)8-16-13(11)15-7-10/h2,4,6-8H,3,5H2,1H3,(H,14,18)(H,15,16). The molecule has 7 heteroatoms. The van der Waals surface area contributed by atoms with Gasteiger partial charge in [-0.3, -0.25) is 14.9 Å². The lowest BCUT2D eigenvalue weighted by atomic mass is 10.2. The number of H-pyrrole nitrogens is 1. The van der Waals surface area contributed by atoms with E-state index in [-0.39, 0.29) is 11.6 Å². The van der Waals surface area contributed by atoms with Crippen molar-refractivity contribution >= 4 is 28.7 Å². The summed E-state index contributed by atoms with van der Waals surface area (Å²) in [6.45, 7) is 2.03. The summed E-state index contributed by atoms with van der Waals surface area (Å²) in [6.07, 6.45) is 7.37. The summed E-state index contributed by atoms with van der Waals surface area (Å²) in [4.78, 5) is 28.0. The number of hydrogen-bond donors (Lipinski definition) is 2. The number of amides is 1. The lowest BCUT2D eigenvalue weighted by Gasteiger charge is -1.97. The summed E-state index contributed by atoms with van der Waals surface area (Å²) in [6, 6.07) is 1.71. The maximum Gasteiger partial charge on any atom is 0.296 e. The zero-order chi connectivity index (χ0) is 14.5. The van der Waals surface area contributed by atoms with Crippen LogP contribution in [0, 0.1) is 10.1 Å². The number of hydrogen-bond acceptors (Lipinski definition) is 4. The molecule has 2 aromatic heterocycles. The average molecular weight is 274 g/mol. The molecule has 0 saturated carbocycles. The second-order valence-corrected chi connectivity index (χ2v) is 4.27. The third-order valence-corrected chi connectivity index (χ3v) is 2.72. The molecule has 0 unspecified atom stereocenters. The number of carbonyl (C=O) groups excluding carboxylic acids is 1. The Bertz CT molecular complexity index is 675. The summed E-state index contributed by atoms with van der Waals surface area (Å²) in [5.74, 6) is -0.0653. The Labute approximate surface area is 114 Å². The van der Waals surface area contributed by atoms with Crippen LogP contribution in [0.3, 0.4) is 0 Å². The van der Waals surface area contributed by atoms with Crippen molar-refractivity contribution in [1.82, 2.24) is 15.3 Å². The molecular weight excluding hydrogens is 260 g/mol. The molecule has 0 fully saturated rings. The van der Waals surface area contributed by atoms with Crippen molar-refractivity contribution in [3.05, 3.63) is 40.2 Å². The van der Waals surface area contributed by atoms with E-state index >= 15 is 0 Å². The predicted molar refractivity (Wildman–Crippen MR) is 75.1 cm³/mol. The summed E-state index contributed by atoms with van der Waals surface area (Å²) in [7, 11) is 0. The summed E-state index contributed by atoms with van der Waals surface area (Å²) < 4.78 is 0. The first-order valence-electron chi connectivity index (χ1n) is 6.10. The van der Waals surface area contributed by atoms with E-state index in [2.05, 4.69) is 15.3 Å². The highest BCUT2D eigenvalue weighted by molar-refractivity contribution is 5.87. The van der Waals surface area contributed by atoms with Gasteiger partial charge in [0.2, 0.25) is 5.91 Å². The van der Waals surface area contributed by atoms with Gasteiger partial charge in [0.1, 0.15) is 5.65 Å². The molecule has 0 aliphatic rings. The van der Waals surface area contributed by atoms with E-state index in [4.69, 9.17) is 0 Å². The van der Waals surface area contributed by atoms with Gasteiger partial charge in [0.05, 0.1) is 16.5 Å². The van der Waals surface area contributed by atoms with Gasteiger partial charge in [0.25, 0.3) is 5.69 Å². The van der Waals surface area contributed by atoms with Gasteiger partial charge >= 0.3 is 0 Å². The number of nitrogens with one attached hydrogen (secondary N) is 2. The molecule has 20 heavy (non-hydrogen) atoms. The minimum atomic E-state index is -0.440. The molecule has 0 radical (unpaired) electrons. The van der Waals surface area contributed by atoms with Gasteiger partial charge in [-0.25, -0.2) is 4.98 Å².